The Morgan fingerprint density at radius 3 is 3.15 bits per heavy atom. The number of pyridine rings is 1. The molecule has 2 aromatic heterocycles. The van der Waals surface area contributed by atoms with Gasteiger partial charge in [0.2, 0.25) is 5.91 Å². The predicted octanol–water partition coefficient (Wildman–Crippen LogP) is 3.33. The fourth-order valence-electron chi connectivity index (χ4n) is 3.95. The van der Waals surface area contributed by atoms with Crippen LogP contribution in [0.4, 0.5) is 5.69 Å². The number of anilines is 1. The van der Waals surface area contributed by atoms with E-state index in [1.807, 2.05) is 24.3 Å². The minimum atomic E-state index is 0.122. The number of piperidine rings is 1. The molecule has 0 aliphatic carbocycles. The number of aromatic amines is 1. The maximum atomic E-state index is 12.3. The molecule has 2 aromatic rings. The standard InChI is InChI=1S/C20H27N5O/c1-14-8-11-25(19(26)4-3-9-21)13-15(14)5-6-16-17-7-10-23-20(17)24-12-18(16)22-2/h7,10,12,14-15,22H,3-6,8,11,13H2,1-2H3,(H,23,24). The topological polar surface area (TPSA) is 84.8 Å². The van der Waals surface area contributed by atoms with Gasteiger partial charge in [-0.25, -0.2) is 4.98 Å². The van der Waals surface area contributed by atoms with Gasteiger partial charge in [-0.15, -0.1) is 0 Å². The van der Waals surface area contributed by atoms with Gasteiger partial charge in [0, 0.05) is 44.6 Å². The Bertz CT molecular complexity index is 806. The van der Waals surface area contributed by atoms with Crippen molar-refractivity contribution >= 4 is 22.6 Å². The number of amides is 1. The van der Waals surface area contributed by atoms with E-state index in [1.165, 1.54) is 10.9 Å². The van der Waals surface area contributed by atoms with Gasteiger partial charge in [0.25, 0.3) is 0 Å². The van der Waals surface area contributed by atoms with Crippen LogP contribution in [0.3, 0.4) is 0 Å². The molecule has 3 rings (SSSR count). The molecule has 2 unspecified atom stereocenters. The van der Waals surface area contributed by atoms with Crippen molar-refractivity contribution in [1.82, 2.24) is 14.9 Å². The fourth-order valence-corrected chi connectivity index (χ4v) is 3.95. The Hall–Kier alpha value is -2.55. The van der Waals surface area contributed by atoms with E-state index in [0.29, 0.717) is 24.7 Å². The lowest BCUT2D eigenvalue weighted by Crippen LogP contribution is -2.43. The molecule has 1 aliphatic heterocycles. The summed E-state index contributed by atoms with van der Waals surface area (Å²) in [5, 5.41) is 13.1. The number of nitrogens with one attached hydrogen (secondary N) is 2. The Labute approximate surface area is 154 Å². The average molecular weight is 353 g/mol. The molecule has 1 amide bonds. The highest BCUT2D eigenvalue weighted by Gasteiger charge is 2.28. The second-order valence-electron chi connectivity index (χ2n) is 7.20. The van der Waals surface area contributed by atoms with Crippen molar-refractivity contribution in [3.63, 3.8) is 0 Å². The van der Waals surface area contributed by atoms with Gasteiger partial charge in [0.15, 0.2) is 0 Å². The number of H-pyrrole nitrogens is 1. The van der Waals surface area contributed by atoms with E-state index in [1.54, 1.807) is 0 Å². The van der Waals surface area contributed by atoms with Crippen LogP contribution in [0.25, 0.3) is 11.0 Å². The number of rotatable bonds is 6. The molecule has 0 bridgehead atoms. The van der Waals surface area contributed by atoms with Gasteiger partial charge in [-0.05, 0) is 42.7 Å². The minimum absolute atomic E-state index is 0.122. The Morgan fingerprint density at radius 2 is 2.38 bits per heavy atom. The number of fused-ring (bicyclic) bond motifs is 1. The van der Waals surface area contributed by atoms with Gasteiger partial charge in [-0.3, -0.25) is 4.79 Å². The number of hydrogen-bond acceptors (Lipinski definition) is 4. The highest BCUT2D eigenvalue weighted by molar-refractivity contribution is 5.84. The van der Waals surface area contributed by atoms with Crippen LogP contribution < -0.4 is 5.32 Å². The quantitative estimate of drug-likeness (QED) is 0.834. The molecule has 6 nitrogen and oxygen atoms in total. The van der Waals surface area contributed by atoms with E-state index in [4.69, 9.17) is 5.26 Å². The van der Waals surface area contributed by atoms with Gasteiger partial charge in [0.1, 0.15) is 5.65 Å². The highest BCUT2D eigenvalue weighted by Crippen LogP contribution is 2.31. The van der Waals surface area contributed by atoms with Crippen LogP contribution in [-0.4, -0.2) is 40.9 Å². The highest BCUT2D eigenvalue weighted by atomic mass is 16.2. The van der Waals surface area contributed by atoms with Gasteiger partial charge < -0.3 is 15.2 Å². The third kappa shape index (κ3) is 3.82. The molecule has 1 fully saturated rings. The lowest BCUT2D eigenvalue weighted by molar-refractivity contribution is -0.133. The van der Waals surface area contributed by atoms with E-state index in [2.05, 4.69) is 34.3 Å². The second-order valence-corrected chi connectivity index (χ2v) is 7.20. The van der Waals surface area contributed by atoms with Crippen molar-refractivity contribution in [2.45, 2.75) is 39.0 Å². The van der Waals surface area contributed by atoms with Crippen molar-refractivity contribution < 1.29 is 4.79 Å². The Balaban J connectivity index is 1.69. The lowest BCUT2D eigenvalue weighted by atomic mass is 9.82. The zero-order valence-corrected chi connectivity index (χ0v) is 15.6. The molecule has 1 aliphatic rings. The van der Waals surface area contributed by atoms with Crippen LogP contribution in [0.2, 0.25) is 0 Å². The molecule has 138 valence electrons. The van der Waals surface area contributed by atoms with Crippen LogP contribution in [0, 0.1) is 23.2 Å². The van der Waals surface area contributed by atoms with Crippen LogP contribution in [-0.2, 0) is 11.2 Å². The molecule has 3 heterocycles. The van der Waals surface area contributed by atoms with E-state index >= 15 is 0 Å². The molecule has 26 heavy (non-hydrogen) atoms. The molecule has 2 N–H and O–H groups in total. The maximum Gasteiger partial charge on any atom is 0.223 e. The first-order valence-corrected chi connectivity index (χ1v) is 9.41. The maximum absolute atomic E-state index is 12.3. The summed E-state index contributed by atoms with van der Waals surface area (Å²) >= 11 is 0. The SMILES string of the molecule is CNc1cnc2[nH]ccc2c1CCC1CN(C(=O)CCC#N)CCC1C. The molecule has 1 saturated heterocycles. The van der Waals surface area contributed by atoms with Crippen molar-refractivity contribution in [2.75, 3.05) is 25.5 Å². The number of likely N-dealkylation sites (tertiary alicyclic amines) is 1. The van der Waals surface area contributed by atoms with Crippen molar-refractivity contribution in [3.05, 3.63) is 24.0 Å². The predicted molar refractivity (Wildman–Crippen MR) is 103 cm³/mol. The number of aromatic nitrogens is 2. The van der Waals surface area contributed by atoms with E-state index in [-0.39, 0.29) is 5.91 Å². The number of hydrogen-bond donors (Lipinski definition) is 2. The molecule has 6 heteroatoms. The first-order valence-electron chi connectivity index (χ1n) is 9.41. The van der Waals surface area contributed by atoms with Gasteiger partial charge >= 0.3 is 0 Å². The Kier molecular flexibility index (Phi) is 5.77. The normalized spacial score (nSPS) is 20.1. The van der Waals surface area contributed by atoms with E-state index in [9.17, 15) is 4.79 Å². The summed E-state index contributed by atoms with van der Waals surface area (Å²) in [7, 11) is 1.93. The van der Waals surface area contributed by atoms with Crippen LogP contribution in [0.5, 0.6) is 0 Å². The molecular weight excluding hydrogens is 326 g/mol. The molecule has 0 saturated carbocycles. The monoisotopic (exact) mass is 353 g/mol. The lowest BCUT2D eigenvalue weighted by Gasteiger charge is -2.37. The second kappa shape index (κ2) is 8.22. The van der Waals surface area contributed by atoms with Gasteiger partial charge in [-0.1, -0.05) is 6.92 Å². The fraction of sp³-hybridized carbons (Fsp3) is 0.550. The Morgan fingerprint density at radius 1 is 1.54 bits per heavy atom. The minimum Gasteiger partial charge on any atom is -0.387 e. The summed E-state index contributed by atoms with van der Waals surface area (Å²) in [6, 6.07) is 4.15. The molecular formula is C20H27N5O. The first-order chi connectivity index (χ1) is 12.6. The average Bonchev–Trinajstić information content (AvgIpc) is 3.14. The summed E-state index contributed by atoms with van der Waals surface area (Å²) in [6.07, 6.45) is 7.51. The molecule has 0 radical (unpaired) electrons. The molecule has 2 atom stereocenters. The number of aryl methyl sites for hydroxylation is 1. The summed E-state index contributed by atoms with van der Waals surface area (Å²) in [5.74, 6) is 1.22. The smallest absolute Gasteiger partial charge is 0.223 e. The van der Waals surface area contributed by atoms with E-state index in [0.717, 1.165) is 43.7 Å². The third-order valence-electron chi connectivity index (χ3n) is 5.65. The van der Waals surface area contributed by atoms with E-state index < -0.39 is 0 Å². The van der Waals surface area contributed by atoms with Crippen molar-refractivity contribution in [3.8, 4) is 6.07 Å². The zero-order valence-electron chi connectivity index (χ0n) is 15.6. The molecule has 0 spiro atoms. The van der Waals surface area contributed by atoms with Gasteiger partial charge in [-0.2, -0.15) is 5.26 Å². The van der Waals surface area contributed by atoms with Crippen molar-refractivity contribution in [2.24, 2.45) is 11.8 Å². The van der Waals surface area contributed by atoms with Gasteiger partial charge in [0.05, 0.1) is 18.0 Å². The van der Waals surface area contributed by atoms with Crippen molar-refractivity contribution in [1.29, 1.82) is 5.26 Å². The summed E-state index contributed by atoms with van der Waals surface area (Å²) in [6.45, 7) is 3.92. The number of nitrogens with zero attached hydrogens (tertiary/aromatic N) is 3. The zero-order chi connectivity index (χ0) is 18.5. The number of carbonyl (C=O) groups excluding carboxylic acids is 1. The summed E-state index contributed by atoms with van der Waals surface area (Å²) < 4.78 is 0. The third-order valence-corrected chi connectivity index (χ3v) is 5.65. The summed E-state index contributed by atoms with van der Waals surface area (Å²) in [4.78, 5) is 21.9. The largest absolute Gasteiger partial charge is 0.387 e. The first kappa shape index (κ1) is 18.2. The molecule has 0 aromatic carbocycles. The number of nitriles is 1. The van der Waals surface area contributed by atoms with Crippen LogP contribution >= 0.6 is 0 Å². The van der Waals surface area contributed by atoms with Crippen LogP contribution in [0.15, 0.2) is 18.5 Å². The van der Waals surface area contributed by atoms with Crippen LogP contribution in [0.1, 0.15) is 38.2 Å². The number of carbonyl (C=O) groups is 1. The summed E-state index contributed by atoms with van der Waals surface area (Å²) in [5.41, 5.74) is 3.28.